The average molecular weight is 2210 g/mol. The molecule has 13 aromatic rings. The summed E-state index contributed by atoms with van der Waals surface area (Å²) in [7, 11) is 15.2. The third-order valence-electron chi connectivity index (χ3n) is 25.2. The normalized spacial score (nSPS) is 14.7. The van der Waals surface area contributed by atoms with Crippen molar-refractivity contribution in [2.45, 2.75) is 146 Å². The maximum atomic E-state index is 13.0. The van der Waals surface area contributed by atoms with Crippen molar-refractivity contribution < 1.29 is 108 Å². The molecule has 4 saturated heterocycles. The number of alkyl halides is 18. The predicted octanol–water partition coefficient (Wildman–Crippen LogP) is 21.4. The number of aryl methyl sites for hydroxylation is 6. The number of hydrogen-bond donors (Lipinski definition) is 2. The zero-order valence-corrected chi connectivity index (χ0v) is 87.8. The number of piperidine rings is 3. The lowest BCUT2D eigenvalue weighted by Crippen LogP contribution is -2.45. The first kappa shape index (κ1) is 116. The molecule has 150 heavy (non-hydrogen) atoms. The van der Waals surface area contributed by atoms with E-state index in [1.54, 1.807) is 94.8 Å². The smallest absolute Gasteiger partial charge is 0.351 e. The molecule has 4 fully saturated rings. The number of nitrogens with one attached hydrogen (secondary N) is 1. The van der Waals surface area contributed by atoms with Crippen molar-refractivity contribution in [2.75, 3.05) is 107 Å². The molecule has 810 valence electrons. The second-order valence-electron chi connectivity index (χ2n) is 36.0. The molecule has 1 aromatic carbocycles. The molecule has 4 aliphatic rings. The van der Waals surface area contributed by atoms with Gasteiger partial charge in [0, 0.05) is 139 Å². The van der Waals surface area contributed by atoms with Crippen molar-refractivity contribution in [2.24, 2.45) is 41.0 Å². The van der Waals surface area contributed by atoms with Crippen molar-refractivity contribution in [3.05, 3.63) is 216 Å². The number of rotatable bonds is 22. The molecule has 12 aromatic heterocycles. The topological polar surface area (TPSA) is 283 Å². The minimum atomic E-state index is -4.51. The Bertz CT molecular complexity index is 6720. The van der Waals surface area contributed by atoms with Gasteiger partial charge in [0.25, 0.3) is 35.4 Å². The van der Waals surface area contributed by atoms with E-state index in [0.717, 1.165) is 166 Å². The van der Waals surface area contributed by atoms with Gasteiger partial charge in [0.2, 0.25) is 0 Å². The summed E-state index contributed by atoms with van der Waals surface area (Å²) >= 11 is 5.82. The average Bonchev–Trinajstić information content (AvgIpc) is 1.77. The fourth-order valence-electron chi connectivity index (χ4n) is 17.0. The number of halogens is 18. The zero-order chi connectivity index (χ0) is 110. The Labute approximate surface area is 872 Å². The summed E-state index contributed by atoms with van der Waals surface area (Å²) in [4.78, 5) is 96.6. The summed E-state index contributed by atoms with van der Waals surface area (Å²) < 4.78 is 237. The maximum Gasteiger partial charge on any atom is 0.435 e. The van der Waals surface area contributed by atoms with Crippen LogP contribution >= 0.6 is 56.7 Å². The zero-order valence-electron chi connectivity index (χ0n) is 83.7. The standard InChI is InChI=1S/C21H20F3N3OS.C19H23F3N4OS.C17H21F3N4OS.C15H19F3N4OS.C14H15F3N4O.C13H14F3N3OS/c1-26-19(21(22,23)24)13-16(25-26)17-7-8-18(29-17)20(28)27-11-9-15(10-12-27)14-5-3-2-4-6-14;1-24-17(19(20,21)22)12-14(23-24)15-4-5-16(28-15)18(27)26-10-6-13(7-11-26)25-8-2-3-9-25;1-22(2)11-6-8-24(9-7-11)16(25)14-5-4-13(26-14)12-10-15(17(18,19)20)23(3)21-12;1-22-13(15(16,17)18)9-10(21-22)11-5-6-12(24-11)14(23)20-8-4-2-3-7-19;1-4-21-11(8-12(19-21)14(15,16)17)9-5-6-18-10(7-9)13(22)20(2)3;1-4-18(2)12(20)10-6-5-9(21-10)8-7-11(13(14,15)16)19(3)17-8/h2-8,13,15H,9-12H2,1H3;4-5,12-13H,2-3,6-11H2,1H3;4-5,10-11H,6-9H2,1-3H3;5-6,9H,2-4,7-8,19H2,1H3,(H,20,23);5-8H,4H2,1-3H3;5-7H,4H2,1-3H3. The van der Waals surface area contributed by atoms with Crippen LogP contribution in [0.2, 0.25) is 0 Å². The first-order valence-corrected chi connectivity index (χ1v) is 51.7. The molecular weight excluding hydrogens is 2100 g/mol. The summed E-state index contributed by atoms with van der Waals surface area (Å²) in [6.07, 6.45) is -14.5. The number of carbonyl (C=O) groups excluding carboxylic acids is 6. The first-order valence-electron chi connectivity index (χ1n) is 47.6. The van der Waals surface area contributed by atoms with Crippen LogP contribution in [0.15, 0.2) is 146 Å². The Morgan fingerprint density at radius 2 is 0.773 bits per heavy atom. The molecular formula is C99H112F18N22O6S5. The highest BCUT2D eigenvalue weighted by Crippen LogP contribution is 2.43. The van der Waals surface area contributed by atoms with Gasteiger partial charge < -0.3 is 45.3 Å². The van der Waals surface area contributed by atoms with Crippen LogP contribution in [0.25, 0.3) is 64.1 Å². The van der Waals surface area contributed by atoms with E-state index >= 15 is 0 Å². The Kier molecular flexibility index (Phi) is 38.6. The third-order valence-corrected chi connectivity index (χ3v) is 30.7. The highest BCUT2D eigenvalue weighted by molar-refractivity contribution is 7.18. The summed E-state index contributed by atoms with van der Waals surface area (Å²) in [6.45, 7) is 12.1. The van der Waals surface area contributed by atoms with Gasteiger partial charge in [-0.15, -0.1) is 56.7 Å². The lowest BCUT2D eigenvalue weighted by atomic mass is 9.89. The van der Waals surface area contributed by atoms with Crippen molar-refractivity contribution in [1.82, 2.24) is 103 Å². The van der Waals surface area contributed by atoms with E-state index in [1.165, 1.54) is 114 Å². The van der Waals surface area contributed by atoms with Crippen LogP contribution in [0.3, 0.4) is 0 Å². The van der Waals surface area contributed by atoms with Gasteiger partial charge in [-0.1, -0.05) is 36.8 Å². The van der Waals surface area contributed by atoms with E-state index in [-0.39, 0.29) is 76.2 Å². The van der Waals surface area contributed by atoms with E-state index in [4.69, 9.17) is 5.73 Å². The van der Waals surface area contributed by atoms with Crippen molar-refractivity contribution in [1.29, 1.82) is 0 Å². The molecule has 0 radical (unpaired) electrons. The number of nitrogens with two attached hydrogens (primary N) is 1. The van der Waals surface area contributed by atoms with Crippen molar-refractivity contribution in [3.63, 3.8) is 0 Å². The van der Waals surface area contributed by atoms with Crippen LogP contribution in [-0.4, -0.2) is 253 Å². The molecule has 0 saturated carbocycles. The minimum Gasteiger partial charge on any atom is -0.351 e. The van der Waals surface area contributed by atoms with Crippen LogP contribution in [0.5, 0.6) is 0 Å². The molecule has 16 heterocycles. The second kappa shape index (κ2) is 49.8. The van der Waals surface area contributed by atoms with Gasteiger partial charge in [-0.2, -0.15) is 110 Å². The van der Waals surface area contributed by atoms with Crippen LogP contribution in [0, 0.1) is 0 Å². The molecule has 0 spiro atoms. The summed E-state index contributed by atoms with van der Waals surface area (Å²) in [5.41, 5.74) is 3.74. The van der Waals surface area contributed by atoms with Gasteiger partial charge in [0.15, 0.2) is 5.69 Å². The Balaban J connectivity index is 0.000000160. The van der Waals surface area contributed by atoms with Gasteiger partial charge >= 0.3 is 37.1 Å². The minimum absolute atomic E-state index is 0.0388. The maximum absolute atomic E-state index is 13.0. The number of pyridine rings is 1. The van der Waals surface area contributed by atoms with E-state index in [0.29, 0.717) is 124 Å². The fourth-order valence-corrected chi connectivity index (χ4v) is 21.6. The molecule has 0 aliphatic carbocycles. The quantitative estimate of drug-likeness (QED) is 0.0471. The van der Waals surface area contributed by atoms with Crippen LogP contribution in [-0.2, 0) is 78.8 Å². The number of unbranched alkanes of at least 4 members (excludes halogenated alkanes) is 2. The molecule has 28 nitrogen and oxygen atoms in total. The second-order valence-corrected chi connectivity index (χ2v) is 41.4. The Hall–Kier alpha value is -12.4. The van der Waals surface area contributed by atoms with Crippen LogP contribution in [0.4, 0.5) is 79.0 Å². The van der Waals surface area contributed by atoms with E-state index in [9.17, 15) is 108 Å². The van der Waals surface area contributed by atoms with Gasteiger partial charge in [0.05, 0.1) is 54.5 Å². The number of hydrogen-bond acceptors (Lipinski definition) is 21. The fraction of sp³-hybridized carbons (Fsp3) is 0.444. The lowest BCUT2D eigenvalue weighted by Gasteiger charge is -2.36. The van der Waals surface area contributed by atoms with E-state index in [2.05, 4.69) is 62.8 Å². The van der Waals surface area contributed by atoms with E-state index in [1.807, 2.05) is 53.9 Å². The molecule has 0 atom stereocenters. The van der Waals surface area contributed by atoms with Crippen LogP contribution < -0.4 is 11.1 Å². The molecule has 3 N–H and O–H groups in total. The highest BCUT2D eigenvalue weighted by atomic mass is 32.1. The molecule has 4 aliphatic heterocycles. The highest BCUT2D eigenvalue weighted by Gasteiger charge is 2.43. The number of thiophene rings is 5. The van der Waals surface area contributed by atoms with Gasteiger partial charge in [-0.05, 0) is 232 Å². The number of carbonyl (C=O) groups is 6. The summed E-state index contributed by atoms with van der Waals surface area (Å²) in [5, 5.41) is 26.0. The lowest BCUT2D eigenvalue weighted by molar-refractivity contribution is -0.144. The molecule has 51 heteroatoms. The molecule has 17 rings (SSSR count). The number of likely N-dealkylation sites (tertiary alicyclic amines) is 4. The Morgan fingerprint density at radius 3 is 1.13 bits per heavy atom. The SMILES string of the molecule is CCN(C)C(=O)c1ccc(-c2cc(C(F)(F)F)n(C)n2)s1.CCn1nc(C(F)(F)F)cc1-c1ccnc(C(=O)N(C)C)c1.CN(C)C1CCN(C(=O)c2ccc(-c3cc(C(F)(F)F)n(C)n3)s2)CC1.Cn1nc(-c2ccc(C(=O)N3CCC(N4CCCC4)CC3)s2)cc1C(F)(F)F.Cn1nc(-c2ccc(C(=O)N3CCC(c4ccccc4)CC3)s2)cc1C(F)(F)F.Cn1nc(-c2ccc(C(=O)NCCCCCN)s2)cc1C(F)(F)F. The van der Waals surface area contributed by atoms with Crippen LogP contribution in [0.1, 0.15) is 189 Å². The first-order chi connectivity index (χ1) is 70.6. The van der Waals surface area contributed by atoms with Gasteiger partial charge in [-0.3, -0.25) is 61.8 Å². The summed E-state index contributed by atoms with van der Waals surface area (Å²) in [6, 6.07) is 36.8. The monoisotopic (exact) mass is 2210 g/mol. The third kappa shape index (κ3) is 29.9. The van der Waals surface area contributed by atoms with E-state index < -0.39 is 71.2 Å². The molecule has 0 bridgehead atoms. The Morgan fingerprint density at radius 1 is 0.407 bits per heavy atom. The predicted molar refractivity (Wildman–Crippen MR) is 536 cm³/mol. The van der Waals surface area contributed by atoms with Crippen molar-refractivity contribution in [3.8, 4) is 64.1 Å². The largest absolute Gasteiger partial charge is 0.435 e. The van der Waals surface area contributed by atoms with Gasteiger partial charge in [0.1, 0.15) is 62.6 Å². The van der Waals surface area contributed by atoms with Crippen molar-refractivity contribution >= 4 is 92.1 Å². The molecule has 6 amide bonds. The number of amides is 6. The van der Waals surface area contributed by atoms with Gasteiger partial charge in [-0.25, -0.2) is 0 Å². The number of nitrogens with zero attached hydrogens (tertiary/aromatic N) is 20. The number of aromatic nitrogens is 13. The summed E-state index contributed by atoms with van der Waals surface area (Å²) in [5.74, 6) is -0.422. The number of benzene rings is 1. The molecule has 0 unspecified atom stereocenters.